The summed E-state index contributed by atoms with van der Waals surface area (Å²) in [6, 6.07) is 11.7. The Hall–Kier alpha value is -2.62. The number of pyridine rings is 1. The summed E-state index contributed by atoms with van der Waals surface area (Å²) in [6.45, 7) is -1.57. The molecule has 0 saturated carbocycles. The van der Waals surface area contributed by atoms with E-state index in [9.17, 15) is 0 Å². The van der Waals surface area contributed by atoms with E-state index in [1.54, 1.807) is 6.20 Å². The number of imidazole rings is 1. The van der Waals surface area contributed by atoms with Crippen LogP contribution in [0.1, 0.15) is 9.81 Å². The van der Waals surface area contributed by atoms with Gasteiger partial charge in [-0.1, -0.05) is 12.1 Å². The summed E-state index contributed by atoms with van der Waals surface area (Å²) in [5, 5.41) is 0.957. The Bertz CT molecular complexity index is 1130. The maximum Gasteiger partial charge on any atom is 0.269 e. The molecular weight excluding hydrogens is 260 g/mol. The lowest BCUT2D eigenvalue weighted by Crippen LogP contribution is -2.31. The number of aromatic nitrogens is 4. The lowest BCUT2D eigenvalue weighted by molar-refractivity contribution is -0.636. The zero-order chi connectivity index (χ0) is 16.6. The van der Waals surface area contributed by atoms with Gasteiger partial charge in [-0.25, -0.2) is 9.13 Å². The molecule has 1 aliphatic heterocycles. The van der Waals surface area contributed by atoms with E-state index in [0.29, 0.717) is 6.54 Å². The van der Waals surface area contributed by atoms with Gasteiger partial charge in [0, 0.05) is 6.20 Å². The first kappa shape index (κ1) is 8.62. The molecular formula is C17H15N4+. The van der Waals surface area contributed by atoms with Crippen LogP contribution in [-0.2, 0) is 20.6 Å². The van der Waals surface area contributed by atoms with E-state index in [1.807, 2.05) is 48.0 Å². The second-order valence-electron chi connectivity index (χ2n) is 5.49. The van der Waals surface area contributed by atoms with Gasteiger partial charge >= 0.3 is 0 Å². The Labute approximate surface area is 126 Å². The van der Waals surface area contributed by atoms with E-state index in [2.05, 4.69) is 9.55 Å². The van der Waals surface area contributed by atoms with E-state index in [0.717, 1.165) is 39.1 Å². The predicted molar refractivity (Wildman–Crippen MR) is 81.9 cm³/mol. The molecule has 0 aliphatic carbocycles. The number of fused-ring (bicyclic) bond motifs is 7. The Kier molecular flexibility index (Phi) is 1.45. The Balaban J connectivity index is 2.02. The van der Waals surface area contributed by atoms with Crippen molar-refractivity contribution in [3.8, 4) is 11.4 Å². The Morgan fingerprint density at radius 2 is 2.14 bits per heavy atom. The van der Waals surface area contributed by atoms with E-state index < -0.39 is 6.98 Å². The molecule has 0 atom stereocenters. The fourth-order valence-electron chi connectivity index (χ4n) is 3.57. The first-order valence-corrected chi connectivity index (χ1v) is 6.95. The van der Waals surface area contributed by atoms with E-state index in [1.165, 1.54) is 4.57 Å². The number of rotatable bonds is 0. The second-order valence-corrected chi connectivity index (χ2v) is 5.49. The molecule has 0 spiro atoms. The summed E-state index contributed by atoms with van der Waals surface area (Å²) in [5.74, 6) is 1.01. The molecule has 4 heterocycles. The maximum atomic E-state index is 8.01. The predicted octanol–water partition coefficient (Wildman–Crippen LogP) is 2.38. The number of hydrogen-bond acceptors (Lipinski definition) is 1. The lowest BCUT2D eigenvalue weighted by Gasteiger charge is -1.98. The Morgan fingerprint density at radius 1 is 1.24 bits per heavy atom. The standard InChI is InChI=1S/C17H15N4/c1-19-14-8-4-3-6-12(14)15-17(19)20(2)16-11-7-5-9-18-13(11)10-21(15)16/h3-9H,10H2,1-2H3/q+1/i1D3. The van der Waals surface area contributed by atoms with Gasteiger partial charge in [0.1, 0.15) is 12.1 Å². The summed E-state index contributed by atoms with van der Waals surface area (Å²) in [7, 11) is 1.93. The van der Waals surface area contributed by atoms with Crippen LogP contribution < -0.4 is 4.57 Å². The third kappa shape index (κ3) is 1.17. The van der Waals surface area contributed by atoms with Crippen LogP contribution in [0.15, 0.2) is 42.6 Å². The van der Waals surface area contributed by atoms with Gasteiger partial charge in [0.15, 0.2) is 5.52 Å². The fraction of sp³-hybridized carbons (Fsp3) is 0.176. The van der Waals surface area contributed by atoms with Gasteiger partial charge in [-0.2, -0.15) is 0 Å². The van der Waals surface area contributed by atoms with Crippen LogP contribution in [0.2, 0.25) is 0 Å². The average Bonchev–Trinajstić information content (AvgIpc) is 3.15. The van der Waals surface area contributed by atoms with Crippen LogP contribution in [0.5, 0.6) is 0 Å². The summed E-state index contributed by atoms with van der Waals surface area (Å²) >= 11 is 0. The van der Waals surface area contributed by atoms with Gasteiger partial charge in [0.05, 0.1) is 34.8 Å². The number of nitrogens with zero attached hydrogens (tertiary/aromatic N) is 4. The molecule has 3 aromatic heterocycles. The highest BCUT2D eigenvalue weighted by Crippen LogP contribution is 2.36. The largest absolute Gasteiger partial charge is 0.269 e. The smallest absolute Gasteiger partial charge is 0.259 e. The number of aryl methyl sites for hydroxylation is 2. The van der Waals surface area contributed by atoms with Gasteiger partial charge in [-0.3, -0.25) is 9.55 Å². The quantitative estimate of drug-likeness (QED) is 0.399. The highest BCUT2D eigenvalue weighted by molar-refractivity contribution is 6.04. The highest BCUT2D eigenvalue weighted by atomic mass is 15.2. The zero-order valence-corrected chi connectivity index (χ0v) is 11.5. The molecule has 0 amide bonds. The van der Waals surface area contributed by atoms with Crippen molar-refractivity contribution in [1.29, 1.82) is 0 Å². The molecule has 1 aromatic carbocycles. The fourth-order valence-corrected chi connectivity index (χ4v) is 3.57. The van der Waals surface area contributed by atoms with Crippen LogP contribution in [0.4, 0.5) is 0 Å². The van der Waals surface area contributed by atoms with Gasteiger partial charge < -0.3 is 0 Å². The first-order valence-electron chi connectivity index (χ1n) is 8.45. The molecule has 4 nitrogen and oxygen atoms in total. The van der Waals surface area contributed by atoms with Crippen molar-refractivity contribution in [1.82, 2.24) is 14.1 Å². The van der Waals surface area contributed by atoms with Gasteiger partial charge in [-0.05, 0) is 24.3 Å². The molecule has 102 valence electrons. The molecule has 0 radical (unpaired) electrons. The van der Waals surface area contributed by atoms with Gasteiger partial charge in [0.25, 0.3) is 5.65 Å². The molecule has 4 aromatic rings. The molecule has 0 N–H and O–H groups in total. The van der Waals surface area contributed by atoms with Crippen molar-refractivity contribution < 1.29 is 8.68 Å². The molecule has 5 rings (SSSR count). The average molecular weight is 278 g/mol. The van der Waals surface area contributed by atoms with Gasteiger partial charge in [-0.15, -0.1) is 0 Å². The minimum atomic E-state index is -2.24. The van der Waals surface area contributed by atoms with Crippen molar-refractivity contribution in [2.24, 2.45) is 14.0 Å². The van der Waals surface area contributed by atoms with E-state index in [4.69, 9.17) is 4.11 Å². The molecule has 4 heteroatoms. The van der Waals surface area contributed by atoms with Crippen LogP contribution in [-0.4, -0.2) is 14.1 Å². The summed E-state index contributed by atoms with van der Waals surface area (Å²) in [4.78, 5) is 4.48. The monoisotopic (exact) mass is 278 g/mol. The highest BCUT2D eigenvalue weighted by Gasteiger charge is 2.34. The second kappa shape index (κ2) is 3.52. The summed E-state index contributed by atoms with van der Waals surface area (Å²) < 4.78 is 29.7. The third-order valence-electron chi connectivity index (χ3n) is 4.42. The van der Waals surface area contributed by atoms with Crippen LogP contribution >= 0.6 is 0 Å². The topological polar surface area (TPSA) is 26.6 Å². The zero-order valence-electron chi connectivity index (χ0n) is 14.5. The summed E-state index contributed by atoms with van der Waals surface area (Å²) in [5.41, 5.74) is 4.50. The molecule has 0 fully saturated rings. The minimum absolute atomic E-state index is 0.665. The van der Waals surface area contributed by atoms with Crippen molar-refractivity contribution in [2.75, 3.05) is 0 Å². The lowest BCUT2D eigenvalue weighted by atomic mass is 10.2. The molecule has 0 unspecified atom stereocenters. The number of benzene rings is 1. The van der Waals surface area contributed by atoms with Crippen LogP contribution in [0.25, 0.3) is 33.5 Å². The number of hydrogen-bond donors (Lipinski definition) is 0. The van der Waals surface area contributed by atoms with E-state index in [-0.39, 0.29) is 0 Å². The van der Waals surface area contributed by atoms with Crippen LogP contribution in [0.3, 0.4) is 0 Å². The third-order valence-corrected chi connectivity index (χ3v) is 4.42. The van der Waals surface area contributed by atoms with Gasteiger partial charge in [0.2, 0.25) is 5.82 Å². The number of para-hydroxylation sites is 1. The Morgan fingerprint density at radius 3 is 3.05 bits per heavy atom. The minimum Gasteiger partial charge on any atom is -0.259 e. The SMILES string of the molecule is [2H]C([2H])([2H])n1c2ccccc2c2c1[n+](C)c1n2Cc2ncccc2-1. The normalized spacial score (nSPS) is 15.8. The van der Waals surface area contributed by atoms with Crippen LogP contribution in [0, 0.1) is 0 Å². The molecule has 21 heavy (non-hydrogen) atoms. The van der Waals surface area contributed by atoms with Crippen molar-refractivity contribution in [3.63, 3.8) is 0 Å². The molecule has 1 aliphatic rings. The van der Waals surface area contributed by atoms with Crippen molar-refractivity contribution >= 4 is 22.1 Å². The molecule has 0 bridgehead atoms. The molecule has 0 saturated heterocycles. The first-order chi connectivity index (χ1) is 11.5. The van der Waals surface area contributed by atoms with E-state index >= 15 is 0 Å². The van der Waals surface area contributed by atoms with Crippen molar-refractivity contribution in [2.45, 2.75) is 6.54 Å². The van der Waals surface area contributed by atoms with Crippen molar-refractivity contribution in [3.05, 3.63) is 48.3 Å². The summed E-state index contributed by atoms with van der Waals surface area (Å²) in [6.07, 6.45) is 1.80. The maximum absolute atomic E-state index is 8.01.